The molecule has 0 aromatic heterocycles. The largest absolute Gasteiger partial charge is 0.482 e. The van der Waals surface area contributed by atoms with Gasteiger partial charge in [-0.05, 0) is 17.7 Å². The lowest BCUT2D eigenvalue weighted by atomic mass is 10.2. The number of amides is 1. The summed E-state index contributed by atoms with van der Waals surface area (Å²) in [6.07, 6.45) is -0.789. The molecule has 124 valence electrons. The highest BCUT2D eigenvalue weighted by atomic mass is 16.5. The van der Waals surface area contributed by atoms with Crippen molar-refractivity contribution in [2.75, 3.05) is 6.61 Å². The van der Waals surface area contributed by atoms with E-state index in [2.05, 4.69) is 4.99 Å². The van der Waals surface area contributed by atoms with Gasteiger partial charge in [0.1, 0.15) is 18.2 Å². The van der Waals surface area contributed by atoms with Gasteiger partial charge in [-0.25, -0.2) is 9.59 Å². The summed E-state index contributed by atoms with van der Waals surface area (Å²) in [6.45, 7) is -0.397. The third-order valence-electron chi connectivity index (χ3n) is 2.93. The topological polar surface area (TPSA) is 111 Å². The zero-order valence-electron chi connectivity index (χ0n) is 12.7. The van der Waals surface area contributed by atoms with Gasteiger partial charge in [0.25, 0.3) is 0 Å². The molecule has 0 atom stereocenters. The van der Waals surface area contributed by atoms with Gasteiger partial charge in [0.15, 0.2) is 6.61 Å². The number of carbonyl (C=O) groups is 2. The molecule has 2 aromatic carbocycles. The molecule has 3 N–H and O–H groups in total. The lowest BCUT2D eigenvalue weighted by molar-refractivity contribution is -0.139. The van der Waals surface area contributed by atoms with Crippen LogP contribution in [0.4, 0.5) is 4.79 Å². The van der Waals surface area contributed by atoms with E-state index in [1.54, 1.807) is 48.5 Å². The van der Waals surface area contributed by atoms with Crippen LogP contribution >= 0.6 is 0 Å². The average Bonchev–Trinajstić information content (AvgIpc) is 2.59. The Morgan fingerprint density at radius 1 is 1.04 bits per heavy atom. The van der Waals surface area contributed by atoms with Crippen molar-refractivity contribution in [3.63, 3.8) is 0 Å². The zero-order valence-corrected chi connectivity index (χ0v) is 12.7. The Balaban J connectivity index is 1.86. The first-order valence-electron chi connectivity index (χ1n) is 7.04. The summed E-state index contributed by atoms with van der Waals surface area (Å²) in [5, 5.41) is 8.52. The van der Waals surface area contributed by atoms with Crippen LogP contribution < -0.4 is 10.5 Å². The highest BCUT2D eigenvalue weighted by Crippen LogP contribution is 2.13. The standard InChI is InChI=1S/C17H16N2O5/c18-16(13-4-2-1-3-5-13)19-17(22)24-10-12-6-8-14(9-7-12)23-11-15(20)21/h1-9H,10-11H2,(H,20,21)(H2,18,19,22). The number of benzene rings is 2. The number of rotatable bonds is 6. The Morgan fingerprint density at radius 2 is 1.71 bits per heavy atom. The van der Waals surface area contributed by atoms with Gasteiger partial charge in [0.05, 0.1) is 0 Å². The summed E-state index contributed by atoms with van der Waals surface area (Å²) in [5.41, 5.74) is 7.07. The van der Waals surface area contributed by atoms with Crippen molar-refractivity contribution in [3.05, 3.63) is 65.7 Å². The first-order valence-corrected chi connectivity index (χ1v) is 7.04. The SMILES string of the molecule is N/C(=N\C(=O)OCc1ccc(OCC(=O)O)cc1)c1ccccc1. The maximum Gasteiger partial charge on any atom is 0.435 e. The lowest BCUT2D eigenvalue weighted by Crippen LogP contribution is -2.16. The summed E-state index contributed by atoms with van der Waals surface area (Å²) in [7, 11) is 0. The van der Waals surface area contributed by atoms with Crippen molar-refractivity contribution < 1.29 is 24.2 Å². The van der Waals surface area contributed by atoms with Gasteiger partial charge >= 0.3 is 12.1 Å². The Labute approximate surface area is 138 Å². The molecule has 0 bridgehead atoms. The first-order chi connectivity index (χ1) is 11.5. The van der Waals surface area contributed by atoms with Crippen molar-refractivity contribution in [2.45, 2.75) is 6.61 Å². The Hall–Kier alpha value is -3.35. The van der Waals surface area contributed by atoms with Gasteiger partial charge in [0.2, 0.25) is 0 Å². The van der Waals surface area contributed by atoms with Crippen LogP contribution in [0.1, 0.15) is 11.1 Å². The predicted octanol–water partition coefficient (Wildman–Crippen LogP) is 2.19. The molecule has 1 amide bonds. The fraction of sp³-hybridized carbons (Fsp3) is 0.118. The predicted molar refractivity (Wildman–Crippen MR) is 86.9 cm³/mol. The number of hydrogen-bond acceptors (Lipinski definition) is 4. The minimum Gasteiger partial charge on any atom is -0.482 e. The van der Waals surface area contributed by atoms with Crippen LogP contribution in [0.2, 0.25) is 0 Å². The molecule has 2 rings (SSSR count). The van der Waals surface area contributed by atoms with Gasteiger partial charge in [-0.1, -0.05) is 42.5 Å². The van der Waals surface area contributed by atoms with E-state index in [4.69, 9.17) is 20.3 Å². The van der Waals surface area contributed by atoms with Gasteiger partial charge < -0.3 is 20.3 Å². The molecule has 0 aliphatic rings. The summed E-state index contributed by atoms with van der Waals surface area (Å²) in [5.74, 6) is -0.557. The Bertz CT molecular complexity index is 726. The smallest absolute Gasteiger partial charge is 0.435 e. The van der Waals surface area contributed by atoms with E-state index in [-0.39, 0.29) is 12.4 Å². The highest BCUT2D eigenvalue weighted by Gasteiger charge is 2.05. The van der Waals surface area contributed by atoms with Gasteiger partial charge in [0, 0.05) is 5.56 Å². The fourth-order valence-electron chi connectivity index (χ4n) is 1.78. The molecule has 0 saturated heterocycles. The van der Waals surface area contributed by atoms with E-state index in [0.29, 0.717) is 16.9 Å². The number of carboxylic acids is 1. The minimum absolute atomic E-state index is 0.0175. The van der Waals surface area contributed by atoms with E-state index in [1.165, 1.54) is 0 Å². The number of carbonyl (C=O) groups excluding carboxylic acids is 1. The van der Waals surface area contributed by atoms with E-state index >= 15 is 0 Å². The number of nitrogens with two attached hydrogens (primary N) is 1. The van der Waals surface area contributed by atoms with Crippen LogP contribution in [-0.2, 0) is 16.1 Å². The number of aliphatic carboxylic acids is 1. The Morgan fingerprint density at radius 3 is 2.33 bits per heavy atom. The van der Waals surface area contributed by atoms with Gasteiger partial charge in [-0.2, -0.15) is 4.99 Å². The maximum absolute atomic E-state index is 11.7. The van der Waals surface area contributed by atoms with E-state index in [0.717, 1.165) is 0 Å². The van der Waals surface area contributed by atoms with Gasteiger partial charge in [-0.3, -0.25) is 0 Å². The van der Waals surface area contributed by atoms with Crippen molar-refractivity contribution in [1.82, 2.24) is 0 Å². The summed E-state index contributed by atoms with van der Waals surface area (Å²) < 4.78 is 10.0. The van der Waals surface area contributed by atoms with Crippen LogP contribution in [-0.4, -0.2) is 29.6 Å². The quantitative estimate of drug-likeness (QED) is 0.621. The van der Waals surface area contributed by atoms with Crippen LogP contribution in [0.5, 0.6) is 5.75 Å². The monoisotopic (exact) mass is 328 g/mol. The lowest BCUT2D eigenvalue weighted by Gasteiger charge is -2.05. The maximum atomic E-state index is 11.7. The van der Waals surface area contributed by atoms with Crippen molar-refractivity contribution in [3.8, 4) is 5.75 Å². The molecule has 7 heteroatoms. The molecule has 7 nitrogen and oxygen atoms in total. The molecule has 0 radical (unpaired) electrons. The fourth-order valence-corrected chi connectivity index (χ4v) is 1.78. The second-order valence-electron chi connectivity index (χ2n) is 4.74. The summed E-state index contributed by atoms with van der Waals surface area (Å²) in [6, 6.07) is 15.4. The summed E-state index contributed by atoms with van der Waals surface area (Å²) in [4.78, 5) is 25.7. The first kappa shape index (κ1) is 17.0. The van der Waals surface area contributed by atoms with Crippen LogP contribution in [0.15, 0.2) is 59.6 Å². The minimum atomic E-state index is -1.05. The number of amidine groups is 1. The van der Waals surface area contributed by atoms with Crippen LogP contribution in [0.3, 0.4) is 0 Å². The van der Waals surface area contributed by atoms with E-state index in [1.807, 2.05) is 6.07 Å². The number of ether oxygens (including phenoxy) is 2. The molecule has 0 spiro atoms. The molecule has 0 saturated carbocycles. The third kappa shape index (κ3) is 5.45. The molecular formula is C17H16N2O5. The summed E-state index contributed by atoms with van der Waals surface area (Å²) >= 11 is 0. The van der Waals surface area contributed by atoms with Crippen LogP contribution in [0.25, 0.3) is 0 Å². The molecule has 2 aromatic rings. The zero-order chi connectivity index (χ0) is 17.4. The molecule has 0 heterocycles. The van der Waals surface area contributed by atoms with E-state index in [9.17, 15) is 9.59 Å². The average molecular weight is 328 g/mol. The Kier molecular flexibility index (Phi) is 5.90. The second kappa shape index (κ2) is 8.33. The van der Waals surface area contributed by atoms with Crippen molar-refractivity contribution in [2.24, 2.45) is 10.7 Å². The second-order valence-corrected chi connectivity index (χ2v) is 4.74. The molecular weight excluding hydrogens is 312 g/mol. The third-order valence-corrected chi connectivity index (χ3v) is 2.93. The highest BCUT2D eigenvalue weighted by molar-refractivity contribution is 6.02. The number of aliphatic imine (C=N–C) groups is 1. The van der Waals surface area contributed by atoms with Gasteiger partial charge in [-0.15, -0.1) is 0 Å². The molecule has 0 aliphatic heterocycles. The number of hydrogen-bond donors (Lipinski definition) is 2. The van der Waals surface area contributed by atoms with Crippen molar-refractivity contribution >= 4 is 17.9 Å². The number of nitrogens with zero attached hydrogens (tertiary/aromatic N) is 1. The number of carboxylic acid groups (broad SMARTS) is 1. The molecule has 0 fully saturated rings. The molecule has 0 unspecified atom stereocenters. The van der Waals surface area contributed by atoms with E-state index < -0.39 is 18.7 Å². The molecule has 0 aliphatic carbocycles. The van der Waals surface area contributed by atoms with Crippen molar-refractivity contribution in [1.29, 1.82) is 0 Å². The van der Waals surface area contributed by atoms with Crippen LogP contribution in [0, 0.1) is 0 Å². The normalized spacial score (nSPS) is 10.9. The molecule has 24 heavy (non-hydrogen) atoms.